The van der Waals surface area contributed by atoms with E-state index in [0.29, 0.717) is 11.8 Å². The minimum absolute atomic E-state index is 0. The maximum atomic E-state index is 2.49. The van der Waals surface area contributed by atoms with E-state index in [-0.39, 0.29) is 24.0 Å². The molecule has 0 aliphatic carbocycles. The molecule has 9 heteroatoms. The maximum absolute atomic E-state index is 2.49. The lowest BCUT2D eigenvalue weighted by atomic mass is 9.90. The molecule has 0 amide bonds. The van der Waals surface area contributed by atoms with Crippen LogP contribution in [0.5, 0.6) is 0 Å². The number of thiazole rings is 2. The molecular formula is C56H60IN6S2+. The molecule has 2 aliphatic heterocycles. The number of hydrogen-bond donors (Lipinski definition) is 0. The fourth-order valence-corrected chi connectivity index (χ4v) is 12.0. The van der Waals surface area contributed by atoms with Gasteiger partial charge in [-0.25, -0.2) is 0 Å². The largest absolute Gasteiger partial charge is 1.00 e. The first-order valence-corrected chi connectivity index (χ1v) is 24.6. The van der Waals surface area contributed by atoms with Crippen molar-refractivity contribution in [2.45, 2.75) is 52.4 Å². The Bertz CT molecular complexity index is 2710. The van der Waals surface area contributed by atoms with Crippen molar-refractivity contribution in [2.75, 3.05) is 36.0 Å². The van der Waals surface area contributed by atoms with E-state index in [1.165, 1.54) is 76.0 Å². The van der Waals surface area contributed by atoms with Gasteiger partial charge in [-0.05, 0) is 99.5 Å². The summed E-state index contributed by atoms with van der Waals surface area (Å²) >= 11 is 3.83. The second kappa shape index (κ2) is 20.8. The highest BCUT2D eigenvalue weighted by Gasteiger charge is 2.34. The van der Waals surface area contributed by atoms with Gasteiger partial charge in [-0.1, -0.05) is 120 Å². The molecule has 2 aromatic heterocycles. The van der Waals surface area contributed by atoms with E-state index in [0.717, 1.165) is 39.0 Å². The second-order valence-corrected chi connectivity index (χ2v) is 18.8. The number of allylic oxidation sites excluding steroid dienone is 2. The van der Waals surface area contributed by atoms with E-state index >= 15 is 0 Å². The normalized spacial score (nSPS) is 15.3. The standard InChI is InChI=1S/2C28H30N3S.HI/c2*1-4-30(5-2)27-19-21(20-28-29(3)25-17-11-12-18-26(25)32-28)23-15-9-10-16-24(23)31(27)22-13-7-6-8-14-22;/h2*6-19,21H,4-5,20H2,1-3H3;1H/q2*+1;/p-1. The average Bonchev–Trinajstić information content (AvgIpc) is 3.84. The van der Waals surface area contributed by atoms with Crippen LogP contribution in [0.1, 0.15) is 60.7 Å². The maximum Gasteiger partial charge on any atom is 0.239 e. The van der Waals surface area contributed by atoms with Gasteiger partial charge in [0.25, 0.3) is 0 Å². The molecule has 8 aromatic rings. The third-order valence-corrected chi connectivity index (χ3v) is 15.4. The smallest absolute Gasteiger partial charge is 0.239 e. The molecule has 0 saturated heterocycles. The van der Waals surface area contributed by atoms with E-state index < -0.39 is 0 Å². The summed E-state index contributed by atoms with van der Waals surface area (Å²) in [5.74, 6) is 3.24. The van der Waals surface area contributed by atoms with Gasteiger partial charge in [0.15, 0.2) is 0 Å². The molecule has 0 N–H and O–H groups in total. The van der Waals surface area contributed by atoms with Gasteiger partial charge < -0.3 is 33.8 Å². The van der Waals surface area contributed by atoms with Crippen molar-refractivity contribution in [2.24, 2.45) is 14.1 Å². The molecule has 65 heavy (non-hydrogen) atoms. The highest BCUT2D eigenvalue weighted by Crippen LogP contribution is 2.45. The fourth-order valence-electron chi connectivity index (χ4n) is 9.60. The van der Waals surface area contributed by atoms with Gasteiger partial charge in [0.2, 0.25) is 21.0 Å². The Morgan fingerprint density at radius 2 is 0.785 bits per heavy atom. The van der Waals surface area contributed by atoms with Crippen LogP contribution >= 0.6 is 22.7 Å². The summed E-state index contributed by atoms with van der Waals surface area (Å²) in [4.78, 5) is 9.81. The number of anilines is 4. The minimum atomic E-state index is 0. The molecule has 6 nitrogen and oxygen atoms in total. The molecule has 0 radical (unpaired) electrons. The lowest BCUT2D eigenvalue weighted by Crippen LogP contribution is -3.00. The number of aryl methyl sites for hydroxylation is 2. The Morgan fingerprint density at radius 3 is 1.15 bits per heavy atom. The van der Waals surface area contributed by atoms with E-state index in [9.17, 15) is 0 Å². The van der Waals surface area contributed by atoms with Crippen LogP contribution in [0.15, 0.2) is 182 Å². The second-order valence-electron chi connectivity index (χ2n) is 16.5. The number of fused-ring (bicyclic) bond motifs is 4. The molecule has 2 aliphatic rings. The van der Waals surface area contributed by atoms with Gasteiger partial charge in [-0.15, -0.1) is 0 Å². The van der Waals surface area contributed by atoms with Gasteiger partial charge in [-0.2, -0.15) is 9.13 Å². The number of hydrogen-bond acceptors (Lipinski definition) is 6. The Kier molecular flexibility index (Phi) is 14.7. The predicted molar refractivity (Wildman–Crippen MR) is 271 cm³/mol. The monoisotopic (exact) mass is 1010 g/mol. The van der Waals surface area contributed by atoms with Crippen molar-refractivity contribution in [3.8, 4) is 0 Å². The molecule has 332 valence electrons. The fraction of sp³-hybridized carbons (Fsp3) is 0.250. The molecule has 4 heterocycles. The van der Waals surface area contributed by atoms with Crippen LogP contribution in [0, 0.1) is 0 Å². The SMILES string of the molecule is CCN(CC)C1=CC(Cc2sc3ccccc3[n+]2C)c2ccccc2N1c1ccccc1.CCN(CC)C1=CC(Cc2sc3ccccc3[n+]2C)c2ccccc2N1c1ccccc1.[I-]. The Hall–Kier alpha value is -5.49. The topological polar surface area (TPSA) is 20.7 Å². The van der Waals surface area contributed by atoms with Crippen LogP contribution < -0.4 is 42.9 Å². The third-order valence-electron chi connectivity index (χ3n) is 13.0. The Balaban J connectivity index is 0.000000175. The van der Waals surface area contributed by atoms with Crippen molar-refractivity contribution >= 4 is 65.9 Å². The third kappa shape index (κ3) is 9.20. The van der Waals surface area contributed by atoms with Gasteiger partial charge >= 0.3 is 0 Å². The molecule has 0 saturated carbocycles. The lowest BCUT2D eigenvalue weighted by molar-refractivity contribution is -0.648. The van der Waals surface area contributed by atoms with Gasteiger partial charge in [0.05, 0.1) is 24.2 Å². The molecule has 6 aromatic carbocycles. The van der Waals surface area contributed by atoms with E-state index in [4.69, 9.17) is 0 Å². The summed E-state index contributed by atoms with van der Waals surface area (Å²) in [6.45, 7) is 12.9. The van der Waals surface area contributed by atoms with Crippen molar-refractivity contribution in [1.29, 1.82) is 0 Å². The Labute approximate surface area is 411 Å². The first-order chi connectivity index (χ1) is 31.4. The first-order valence-electron chi connectivity index (χ1n) is 23.0. The zero-order valence-electron chi connectivity index (χ0n) is 38.4. The molecule has 2 atom stereocenters. The van der Waals surface area contributed by atoms with Gasteiger partial charge in [-0.3, -0.25) is 9.80 Å². The summed E-state index contributed by atoms with van der Waals surface area (Å²) in [7, 11) is 4.41. The molecule has 0 bridgehead atoms. The Morgan fingerprint density at radius 1 is 0.446 bits per heavy atom. The van der Waals surface area contributed by atoms with Crippen LogP contribution in [0.2, 0.25) is 0 Å². The summed E-state index contributed by atoms with van der Waals surface area (Å²) in [6.07, 6.45) is 6.99. The number of halogens is 1. The minimum Gasteiger partial charge on any atom is -1.00 e. The van der Waals surface area contributed by atoms with Crippen LogP contribution in [0.3, 0.4) is 0 Å². The number of rotatable bonds is 12. The lowest BCUT2D eigenvalue weighted by Gasteiger charge is -2.40. The van der Waals surface area contributed by atoms with E-state index in [2.05, 4.69) is 240 Å². The quantitative estimate of drug-likeness (QED) is 0.0898. The molecule has 0 fully saturated rings. The van der Waals surface area contributed by atoms with E-state index in [1.54, 1.807) is 0 Å². The molecule has 0 spiro atoms. The van der Waals surface area contributed by atoms with Gasteiger partial charge in [0, 0.05) is 61.5 Å². The summed E-state index contributed by atoms with van der Waals surface area (Å²) in [5, 5.41) is 2.82. The van der Waals surface area contributed by atoms with Crippen LogP contribution in [-0.4, -0.2) is 36.0 Å². The molecule has 10 rings (SSSR count). The highest BCUT2D eigenvalue weighted by atomic mass is 127. The van der Waals surface area contributed by atoms with Crippen molar-refractivity contribution in [3.05, 3.63) is 203 Å². The highest BCUT2D eigenvalue weighted by molar-refractivity contribution is 7.18. The van der Waals surface area contributed by atoms with Crippen LogP contribution in [-0.2, 0) is 26.9 Å². The van der Waals surface area contributed by atoms with Crippen molar-refractivity contribution in [1.82, 2.24) is 9.80 Å². The molecule has 2 unspecified atom stereocenters. The zero-order chi connectivity index (χ0) is 44.2. The first kappa shape index (κ1) is 46.1. The van der Waals surface area contributed by atoms with Crippen LogP contribution in [0.25, 0.3) is 20.4 Å². The number of para-hydroxylation sites is 6. The number of nitrogens with zero attached hydrogens (tertiary/aromatic N) is 6. The van der Waals surface area contributed by atoms with Crippen LogP contribution in [0.4, 0.5) is 22.7 Å². The zero-order valence-corrected chi connectivity index (χ0v) is 42.2. The average molecular weight is 1010 g/mol. The summed E-state index contributed by atoms with van der Waals surface area (Å²) in [6, 6.07) is 56.8. The summed E-state index contributed by atoms with van der Waals surface area (Å²) in [5.41, 5.74) is 10.4. The number of benzene rings is 6. The van der Waals surface area contributed by atoms with Crippen molar-refractivity contribution in [3.63, 3.8) is 0 Å². The van der Waals surface area contributed by atoms with Crippen molar-refractivity contribution < 1.29 is 33.1 Å². The predicted octanol–water partition coefficient (Wildman–Crippen LogP) is 9.78. The number of aromatic nitrogens is 2. The van der Waals surface area contributed by atoms with Gasteiger partial charge in [0.1, 0.15) is 35.1 Å². The molecular weight excluding hydrogens is 948 g/mol. The summed E-state index contributed by atoms with van der Waals surface area (Å²) < 4.78 is 7.45. The van der Waals surface area contributed by atoms with E-state index in [1.807, 2.05) is 22.7 Å².